The van der Waals surface area contributed by atoms with E-state index in [4.69, 9.17) is 5.11 Å². The molecule has 1 heterocycles. The van der Waals surface area contributed by atoms with E-state index in [9.17, 15) is 13.2 Å². The van der Waals surface area contributed by atoms with Crippen molar-refractivity contribution in [2.24, 2.45) is 0 Å². The summed E-state index contributed by atoms with van der Waals surface area (Å²) in [7, 11) is -1.97. The first-order valence-corrected chi connectivity index (χ1v) is 8.43. The van der Waals surface area contributed by atoms with E-state index in [1.54, 1.807) is 20.9 Å². The number of hydrogen-bond acceptors (Lipinski definition) is 4. The van der Waals surface area contributed by atoms with Crippen LogP contribution in [0, 0.1) is 13.8 Å². The minimum absolute atomic E-state index is 0.0659. The predicted octanol–water partition coefficient (Wildman–Crippen LogP) is 1.15. The van der Waals surface area contributed by atoms with Gasteiger partial charge in [0.15, 0.2) is 0 Å². The van der Waals surface area contributed by atoms with Crippen LogP contribution in [-0.4, -0.2) is 46.7 Å². The lowest BCUT2D eigenvalue weighted by molar-refractivity contribution is -0.137. The molecule has 21 heavy (non-hydrogen) atoms. The molecule has 0 saturated heterocycles. The van der Waals surface area contributed by atoms with Crippen LogP contribution in [0.3, 0.4) is 0 Å². The molecule has 0 unspecified atom stereocenters. The van der Waals surface area contributed by atoms with E-state index in [0.717, 1.165) is 19.3 Å². The van der Waals surface area contributed by atoms with Crippen LogP contribution in [0.4, 0.5) is 0 Å². The smallest absolute Gasteiger partial charge is 0.305 e. The van der Waals surface area contributed by atoms with Crippen LogP contribution in [-0.2, 0) is 21.4 Å². The highest BCUT2D eigenvalue weighted by Gasteiger charge is 2.35. The maximum atomic E-state index is 12.7. The van der Waals surface area contributed by atoms with Crippen LogP contribution in [0.15, 0.2) is 4.90 Å². The summed E-state index contributed by atoms with van der Waals surface area (Å²) in [6, 6.07) is 0.0659. The standard InChI is InChI=1S/C13H21N3O4S/c1-9-13(10(2)16(14-9)8-7-12(17)18)21(19,20)15(3)11-5-4-6-11/h11H,4-8H2,1-3H3,(H,17,18). The van der Waals surface area contributed by atoms with Gasteiger partial charge >= 0.3 is 5.97 Å². The van der Waals surface area contributed by atoms with E-state index in [1.807, 2.05) is 0 Å². The van der Waals surface area contributed by atoms with Crippen molar-refractivity contribution in [2.45, 2.75) is 57.0 Å². The van der Waals surface area contributed by atoms with Gasteiger partial charge in [0.05, 0.1) is 24.4 Å². The van der Waals surface area contributed by atoms with Gasteiger partial charge in [-0.25, -0.2) is 8.42 Å². The third-order valence-corrected chi connectivity index (χ3v) is 6.24. The van der Waals surface area contributed by atoms with Gasteiger partial charge in [-0.05, 0) is 26.7 Å². The Morgan fingerprint density at radius 2 is 2.05 bits per heavy atom. The molecule has 0 radical (unpaired) electrons. The summed E-state index contributed by atoms with van der Waals surface area (Å²) >= 11 is 0. The van der Waals surface area contributed by atoms with Crippen LogP contribution in [0.5, 0.6) is 0 Å². The van der Waals surface area contributed by atoms with Gasteiger partial charge < -0.3 is 5.11 Å². The van der Waals surface area contributed by atoms with E-state index in [-0.39, 0.29) is 23.9 Å². The van der Waals surface area contributed by atoms with Gasteiger partial charge in [-0.2, -0.15) is 9.40 Å². The Morgan fingerprint density at radius 1 is 1.43 bits per heavy atom. The summed E-state index contributed by atoms with van der Waals surface area (Å²) in [6.07, 6.45) is 2.75. The van der Waals surface area contributed by atoms with Crippen molar-refractivity contribution in [3.8, 4) is 0 Å². The third-order valence-electron chi connectivity index (χ3n) is 4.08. The number of aromatic nitrogens is 2. The van der Waals surface area contributed by atoms with Gasteiger partial charge in [0.25, 0.3) is 0 Å². The van der Waals surface area contributed by atoms with Crippen molar-refractivity contribution in [2.75, 3.05) is 7.05 Å². The molecule has 1 N–H and O–H groups in total. The highest BCUT2D eigenvalue weighted by molar-refractivity contribution is 7.89. The lowest BCUT2D eigenvalue weighted by atomic mass is 9.94. The summed E-state index contributed by atoms with van der Waals surface area (Å²) in [5.74, 6) is -0.932. The highest BCUT2D eigenvalue weighted by Crippen LogP contribution is 2.30. The quantitative estimate of drug-likeness (QED) is 0.850. The molecule has 1 fully saturated rings. The molecule has 8 heteroatoms. The zero-order valence-electron chi connectivity index (χ0n) is 12.5. The number of sulfonamides is 1. The maximum Gasteiger partial charge on any atom is 0.305 e. The molecule has 0 aromatic carbocycles. The summed E-state index contributed by atoms with van der Waals surface area (Å²) in [5.41, 5.74) is 0.920. The minimum Gasteiger partial charge on any atom is -0.481 e. The number of carbonyl (C=O) groups is 1. The molecule has 1 aliphatic rings. The van der Waals surface area contributed by atoms with Gasteiger partial charge in [-0.15, -0.1) is 0 Å². The van der Waals surface area contributed by atoms with Crippen molar-refractivity contribution in [3.05, 3.63) is 11.4 Å². The first-order valence-electron chi connectivity index (χ1n) is 6.99. The molecule has 118 valence electrons. The van der Waals surface area contributed by atoms with Gasteiger partial charge in [-0.1, -0.05) is 6.42 Å². The molecular weight excluding hydrogens is 294 g/mol. The maximum absolute atomic E-state index is 12.7. The van der Waals surface area contributed by atoms with Crippen molar-refractivity contribution in [1.82, 2.24) is 14.1 Å². The van der Waals surface area contributed by atoms with E-state index in [2.05, 4.69) is 5.10 Å². The fourth-order valence-electron chi connectivity index (χ4n) is 2.56. The largest absolute Gasteiger partial charge is 0.481 e. The second-order valence-electron chi connectivity index (χ2n) is 5.47. The third kappa shape index (κ3) is 2.96. The van der Waals surface area contributed by atoms with E-state index in [0.29, 0.717) is 11.4 Å². The predicted molar refractivity (Wildman–Crippen MR) is 76.5 cm³/mol. The fourth-order valence-corrected chi connectivity index (χ4v) is 4.35. The van der Waals surface area contributed by atoms with Crippen molar-refractivity contribution in [1.29, 1.82) is 0 Å². The number of aryl methyl sites for hydroxylation is 2. The zero-order chi connectivity index (χ0) is 15.8. The monoisotopic (exact) mass is 315 g/mol. The lowest BCUT2D eigenvalue weighted by Crippen LogP contribution is -2.41. The second kappa shape index (κ2) is 5.76. The number of carboxylic acids is 1. The number of aliphatic carboxylic acids is 1. The first-order chi connectivity index (χ1) is 9.75. The summed E-state index contributed by atoms with van der Waals surface area (Å²) < 4.78 is 28.3. The van der Waals surface area contributed by atoms with Crippen molar-refractivity contribution in [3.63, 3.8) is 0 Å². The summed E-state index contributed by atoms with van der Waals surface area (Å²) in [6.45, 7) is 3.49. The molecule has 1 aliphatic carbocycles. The van der Waals surface area contributed by atoms with Crippen molar-refractivity contribution >= 4 is 16.0 Å². The first kappa shape index (κ1) is 16.0. The Labute approximate surface area is 124 Å². The Balaban J connectivity index is 2.32. The van der Waals surface area contributed by atoms with Crippen LogP contribution in [0.2, 0.25) is 0 Å². The SMILES string of the molecule is Cc1nn(CCC(=O)O)c(C)c1S(=O)(=O)N(C)C1CCC1. The number of nitrogens with zero attached hydrogens (tertiary/aromatic N) is 3. The molecule has 1 saturated carbocycles. The van der Waals surface area contributed by atoms with Gasteiger partial charge in [0, 0.05) is 13.1 Å². The molecular formula is C13H21N3O4S. The van der Waals surface area contributed by atoms with Gasteiger partial charge in [0.2, 0.25) is 10.0 Å². The van der Waals surface area contributed by atoms with Crippen LogP contribution in [0.1, 0.15) is 37.1 Å². The summed E-state index contributed by atoms with van der Waals surface area (Å²) in [5, 5.41) is 12.9. The summed E-state index contributed by atoms with van der Waals surface area (Å²) in [4.78, 5) is 10.9. The molecule has 0 spiro atoms. The average Bonchev–Trinajstić information content (AvgIpc) is 2.59. The number of rotatable bonds is 6. The topological polar surface area (TPSA) is 92.5 Å². The van der Waals surface area contributed by atoms with Gasteiger partial charge in [-0.3, -0.25) is 9.48 Å². The molecule has 0 aliphatic heterocycles. The van der Waals surface area contributed by atoms with Gasteiger partial charge in [0.1, 0.15) is 4.90 Å². The van der Waals surface area contributed by atoms with E-state index in [1.165, 1.54) is 8.99 Å². The zero-order valence-corrected chi connectivity index (χ0v) is 13.4. The Hall–Kier alpha value is -1.41. The molecule has 0 amide bonds. The van der Waals surface area contributed by atoms with E-state index < -0.39 is 16.0 Å². The molecule has 1 aromatic heterocycles. The van der Waals surface area contributed by atoms with Crippen LogP contribution >= 0.6 is 0 Å². The fraction of sp³-hybridized carbons (Fsp3) is 0.692. The molecule has 1 aromatic rings. The normalized spacial score (nSPS) is 16.2. The Morgan fingerprint density at radius 3 is 2.52 bits per heavy atom. The molecule has 7 nitrogen and oxygen atoms in total. The minimum atomic E-state index is -3.58. The van der Waals surface area contributed by atoms with Crippen molar-refractivity contribution < 1.29 is 18.3 Å². The highest BCUT2D eigenvalue weighted by atomic mass is 32.2. The van der Waals surface area contributed by atoms with E-state index >= 15 is 0 Å². The average molecular weight is 315 g/mol. The Kier molecular flexibility index (Phi) is 4.38. The number of hydrogen-bond donors (Lipinski definition) is 1. The molecule has 2 rings (SSSR count). The lowest BCUT2D eigenvalue weighted by Gasteiger charge is -2.33. The molecule has 0 atom stereocenters. The number of carboxylic acid groups (broad SMARTS) is 1. The molecule has 0 bridgehead atoms. The second-order valence-corrected chi connectivity index (χ2v) is 7.41. The van der Waals surface area contributed by atoms with Crippen LogP contribution in [0.25, 0.3) is 0 Å². The van der Waals surface area contributed by atoms with Crippen LogP contribution < -0.4 is 0 Å². The Bertz CT molecular complexity index is 647.